The van der Waals surface area contributed by atoms with Crippen molar-refractivity contribution < 1.29 is 9.47 Å². The summed E-state index contributed by atoms with van der Waals surface area (Å²) >= 11 is 0. The fourth-order valence-corrected chi connectivity index (χ4v) is 5.11. The minimum Gasteiger partial charge on any atom is -0.492 e. The third-order valence-electron chi connectivity index (χ3n) is 7.38. The Balaban J connectivity index is 1.38. The molecule has 38 heavy (non-hydrogen) atoms. The monoisotopic (exact) mass is 511 g/mol. The molecule has 1 saturated heterocycles. The van der Waals surface area contributed by atoms with Gasteiger partial charge in [-0.3, -0.25) is 4.90 Å². The maximum absolute atomic E-state index is 6.25. The van der Waals surface area contributed by atoms with E-state index in [2.05, 4.69) is 85.7 Å². The van der Waals surface area contributed by atoms with Crippen LogP contribution < -0.4 is 9.47 Å². The van der Waals surface area contributed by atoms with Crippen molar-refractivity contribution in [2.75, 3.05) is 26.2 Å². The third-order valence-corrected chi connectivity index (χ3v) is 7.38. The highest BCUT2D eigenvalue weighted by Gasteiger charge is 2.16. The van der Waals surface area contributed by atoms with Crippen molar-refractivity contribution in [3.8, 4) is 28.6 Å². The second kappa shape index (κ2) is 11.6. The van der Waals surface area contributed by atoms with Gasteiger partial charge in [-0.1, -0.05) is 58.4 Å². The average molecular weight is 512 g/mol. The molecule has 200 valence electrons. The second-order valence-corrected chi connectivity index (χ2v) is 11.4. The number of aromatic nitrogens is 2. The summed E-state index contributed by atoms with van der Waals surface area (Å²) in [4.78, 5) is 7.53. The number of likely N-dealkylation sites (tertiary alicyclic amines) is 1. The van der Waals surface area contributed by atoms with Gasteiger partial charge >= 0.3 is 0 Å². The number of fused-ring (bicyclic) bond motifs is 1. The number of nitrogens with zero attached hydrogens (tertiary/aromatic N) is 3. The molecule has 0 N–H and O–H groups in total. The van der Waals surface area contributed by atoms with E-state index in [9.17, 15) is 0 Å². The van der Waals surface area contributed by atoms with Gasteiger partial charge < -0.3 is 14.0 Å². The molecule has 2 heterocycles. The number of ether oxygens (including phenoxy) is 2. The van der Waals surface area contributed by atoms with Crippen LogP contribution in [0.2, 0.25) is 0 Å². The number of rotatable bonds is 10. The van der Waals surface area contributed by atoms with E-state index < -0.39 is 0 Å². The molecule has 0 radical (unpaired) electrons. The Labute approximate surface area is 227 Å². The molecule has 0 aliphatic carbocycles. The van der Waals surface area contributed by atoms with E-state index in [0.717, 1.165) is 72.2 Å². The van der Waals surface area contributed by atoms with Gasteiger partial charge in [0.2, 0.25) is 0 Å². The molecule has 5 heteroatoms. The third kappa shape index (κ3) is 6.21. The van der Waals surface area contributed by atoms with Crippen molar-refractivity contribution in [2.24, 2.45) is 0 Å². The predicted octanol–water partition coefficient (Wildman–Crippen LogP) is 8.07. The van der Waals surface area contributed by atoms with Gasteiger partial charge in [0.25, 0.3) is 0 Å². The minimum atomic E-state index is 0.120. The van der Waals surface area contributed by atoms with Crippen molar-refractivity contribution in [2.45, 2.75) is 65.3 Å². The van der Waals surface area contributed by atoms with E-state index >= 15 is 0 Å². The highest BCUT2D eigenvalue weighted by Crippen LogP contribution is 2.32. The lowest BCUT2D eigenvalue weighted by atomic mass is 9.87. The molecule has 1 fully saturated rings. The summed E-state index contributed by atoms with van der Waals surface area (Å²) < 4.78 is 14.7. The summed E-state index contributed by atoms with van der Waals surface area (Å²) in [5.41, 5.74) is 4.58. The summed E-state index contributed by atoms with van der Waals surface area (Å²) in [6.07, 6.45) is 4.83. The van der Waals surface area contributed by atoms with Crippen molar-refractivity contribution >= 4 is 11.0 Å². The molecule has 0 unspecified atom stereocenters. The molecule has 1 aliphatic rings. The summed E-state index contributed by atoms with van der Waals surface area (Å²) in [5, 5.41) is 0. The van der Waals surface area contributed by atoms with Crippen LogP contribution in [0.1, 0.15) is 58.9 Å². The first-order chi connectivity index (χ1) is 18.4. The van der Waals surface area contributed by atoms with Crippen LogP contribution >= 0.6 is 0 Å². The molecule has 3 aromatic carbocycles. The zero-order chi connectivity index (χ0) is 26.5. The van der Waals surface area contributed by atoms with Crippen molar-refractivity contribution in [1.29, 1.82) is 0 Å². The van der Waals surface area contributed by atoms with Gasteiger partial charge in [0, 0.05) is 24.7 Å². The van der Waals surface area contributed by atoms with Crippen LogP contribution in [-0.2, 0) is 12.0 Å². The Morgan fingerprint density at radius 1 is 0.842 bits per heavy atom. The van der Waals surface area contributed by atoms with Crippen LogP contribution in [-0.4, -0.2) is 40.7 Å². The summed E-state index contributed by atoms with van der Waals surface area (Å²) in [7, 11) is 0. The average Bonchev–Trinajstić information content (AvgIpc) is 3.55. The maximum Gasteiger partial charge on any atom is 0.141 e. The van der Waals surface area contributed by atoms with E-state index in [1.54, 1.807) is 0 Å². The van der Waals surface area contributed by atoms with Gasteiger partial charge in [-0.25, -0.2) is 4.98 Å². The number of hydrogen-bond donors (Lipinski definition) is 0. The van der Waals surface area contributed by atoms with E-state index in [0.29, 0.717) is 0 Å². The Kier molecular flexibility index (Phi) is 8.04. The van der Waals surface area contributed by atoms with Crippen molar-refractivity contribution in [1.82, 2.24) is 14.5 Å². The molecule has 0 spiro atoms. The van der Waals surface area contributed by atoms with Crippen LogP contribution in [0, 0.1) is 0 Å². The number of imidazole rings is 1. The standard InChI is InChI=1S/C33H41N3O2/c1-5-6-20-36-31-24-28(37-22-21-35-18-7-8-19-35)16-17-30(31)34-32(36)25-10-9-11-29(23-25)38-27-14-12-26(13-15-27)33(2,3)4/h9-17,23-24H,5-8,18-22H2,1-4H3. The molecule has 5 rings (SSSR count). The molecule has 4 aromatic rings. The normalized spacial score (nSPS) is 14.3. The van der Waals surface area contributed by atoms with E-state index in [-0.39, 0.29) is 5.41 Å². The zero-order valence-electron chi connectivity index (χ0n) is 23.4. The van der Waals surface area contributed by atoms with E-state index in [1.165, 1.54) is 31.5 Å². The van der Waals surface area contributed by atoms with Crippen LogP contribution in [0.5, 0.6) is 17.2 Å². The molecule has 1 aromatic heterocycles. The topological polar surface area (TPSA) is 39.5 Å². The highest BCUT2D eigenvalue weighted by atomic mass is 16.5. The fourth-order valence-electron chi connectivity index (χ4n) is 5.11. The van der Waals surface area contributed by atoms with Gasteiger partial charge in [0.1, 0.15) is 29.7 Å². The van der Waals surface area contributed by atoms with Gasteiger partial charge in [0.15, 0.2) is 0 Å². The second-order valence-electron chi connectivity index (χ2n) is 11.4. The maximum atomic E-state index is 6.25. The van der Waals surface area contributed by atoms with Crippen molar-refractivity contribution in [3.05, 3.63) is 72.3 Å². The first-order valence-corrected chi connectivity index (χ1v) is 14.1. The van der Waals surface area contributed by atoms with Crippen LogP contribution in [0.4, 0.5) is 0 Å². The molecule has 0 bridgehead atoms. The minimum absolute atomic E-state index is 0.120. The first-order valence-electron chi connectivity index (χ1n) is 14.1. The molecule has 5 nitrogen and oxygen atoms in total. The lowest BCUT2D eigenvalue weighted by Crippen LogP contribution is -2.25. The zero-order valence-corrected chi connectivity index (χ0v) is 23.4. The van der Waals surface area contributed by atoms with Gasteiger partial charge in [-0.15, -0.1) is 0 Å². The number of unbranched alkanes of at least 4 members (excludes halogenated alkanes) is 1. The number of aryl methyl sites for hydroxylation is 1. The lowest BCUT2D eigenvalue weighted by molar-refractivity contribution is 0.238. The van der Waals surface area contributed by atoms with Crippen LogP contribution in [0.25, 0.3) is 22.4 Å². The SMILES string of the molecule is CCCCn1c(-c2cccc(Oc3ccc(C(C)(C)C)cc3)c2)nc2ccc(OCCN3CCCC3)cc21. The number of benzene rings is 3. The number of hydrogen-bond acceptors (Lipinski definition) is 4. The predicted molar refractivity (Wildman–Crippen MR) is 156 cm³/mol. The highest BCUT2D eigenvalue weighted by molar-refractivity contribution is 5.82. The Morgan fingerprint density at radius 2 is 1.61 bits per heavy atom. The van der Waals surface area contributed by atoms with Crippen LogP contribution in [0.3, 0.4) is 0 Å². The smallest absolute Gasteiger partial charge is 0.141 e. The fraction of sp³-hybridized carbons (Fsp3) is 0.424. The van der Waals surface area contributed by atoms with Crippen LogP contribution in [0.15, 0.2) is 66.7 Å². The van der Waals surface area contributed by atoms with E-state index in [1.807, 2.05) is 18.2 Å². The molecule has 1 aliphatic heterocycles. The molecular formula is C33H41N3O2. The van der Waals surface area contributed by atoms with Gasteiger partial charge in [-0.2, -0.15) is 0 Å². The molecule has 0 atom stereocenters. The molecule has 0 saturated carbocycles. The lowest BCUT2D eigenvalue weighted by Gasteiger charge is -2.19. The largest absolute Gasteiger partial charge is 0.492 e. The van der Waals surface area contributed by atoms with Crippen molar-refractivity contribution in [3.63, 3.8) is 0 Å². The molecular weight excluding hydrogens is 470 g/mol. The van der Waals surface area contributed by atoms with E-state index in [4.69, 9.17) is 14.5 Å². The first kappa shape index (κ1) is 26.3. The Hall–Kier alpha value is -3.31. The Bertz CT molecular complexity index is 1350. The quantitative estimate of drug-likeness (QED) is 0.216. The van der Waals surface area contributed by atoms with Gasteiger partial charge in [0.05, 0.1) is 11.0 Å². The van der Waals surface area contributed by atoms with Gasteiger partial charge in [-0.05, 0) is 79.7 Å². The summed E-state index contributed by atoms with van der Waals surface area (Å²) in [6, 6.07) is 22.9. The molecule has 0 amide bonds. The Morgan fingerprint density at radius 3 is 2.34 bits per heavy atom. The summed E-state index contributed by atoms with van der Waals surface area (Å²) in [5.74, 6) is 3.53. The summed E-state index contributed by atoms with van der Waals surface area (Å²) in [6.45, 7) is 13.9.